The maximum absolute atomic E-state index is 11.1. The minimum absolute atomic E-state index is 0.166. The summed E-state index contributed by atoms with van der Waals surface area (Å²) in [5.41, 5.74) is 8.78. The Bertz CT molecular complexity index is 634. The Hall–Kier alpha value is -1.52. The van der Waals surface area contributed by atoms with Gasteiger partial charge in [-0.3, -0.25) is 0 Å². The molecule has 2 rings (SSSR count). The fourth-order valence-electron chi connectivity index (χ4n) is 1.75. The first-order chi connectivity index (χ1) is 8.41. The van der Waals surface area contributed by atoms with Crippen molar-refractivity contribution in [2.75, 3.05) is 5.73 Å². The first kappa shape index (κ1) is 12.9. The molecule has 0 aliphatic heterocycles. The molecule has 0 radical (unpaired) electrons. The summed E-state index contributed by atoms with van der Waals surface area (Å²) < 4.78 is 0. The average Bonchev–Trinajstić information content (AvgIpc) is 2.57. The standard InChI is InChI=1S/C13H12ClNO2S/c1-6-3-4-8(9(14)5-6)11-7(2)10(15)12(18-11)13(16)17/h3-5H,15H2,1-2H3,(H,16,17). The molecular weight excluding hydrogens is 270 g/mol. The quantitative estimate of drug-likeness (QED) is 0.875. The van der Waals surface area contributed by atoms with E-state index in [0.29, 0.717) is 10.7 Å². The van der Waals surface area contributed by atoms with Crippen molar-refractivity contribution in [3.8, 4) is 10.4 Å². The van der Waals surface area contributed by atoms with Gasteiger partial charge in [-0.05, 0) is 31.0 Å². The van der Waals surface area contributed by atoms with Gasteiger partial charge in [0.05, 0.1) is 5.69 Å². The van der Waals surface area contributed by atoms with Gasteiger partial charge in [0.25, 0.3) is 0 Å². The number of hydrogen-bond acceptors (Lipinski definition) is 3. The van der Waals surface area contributed by atoms with Crippen LogP contribution in [-0.2, 0) is 0 Å². The summed E-state index contributed by atoms with van der Waals surface area (Å²) in [6.45, 7) is 3.76. The van der Waals surface area contributed by atoms with Crippen LogP contribution >= 0.6 is 22.9 Å². The summed E-state index contributed by atoms with van der Waals surface area (Å²) in [6.07, 6.45) is 0. The second-order valence-electron chi connectivity index (χ2n) is 4.09. The van der Waals surface area contributed by atoms with Crippen LogP contribution in [0, 0.1) is 13.8 Å². The van der Waals surface area contributed by atoms with Gasteiger partial charge in [-0.2, -0.15) is 0 Å². The number of rotatable bonds is 2. The maximum Gasteiger partial charge on any atom is 0.348 e. The summed E-state index contributed by atoms with van der Waals surface area (Å²) >= 11 is 7.35. The minimum Gasteiger partial charge on any atom is -0.477 e. The summed E-state index contributed by atoms with van der Waals surface area (Å²) in [4.78, 5) is 12.0. The van der Waals surface area contributed by atoms with Crippen LogP contribution in [0.4, 0.5) is 5.69 Å². The molecule has 0 aliphatic rings. The maximum atomic E-state index is 11.1. The SMILES string of the molecule is Cc1ccc(-c2sc(C(=O)O)c(N)c2C)c(Cl)c1. The van der Waals surface area contributed by atoms with Gasteiger partial charge in [0, 0.05) is 15.5 Å². The first-order valence-electron chi connectivity index (χ1n) is 5.30. The number of nitrogens with two attached hydrogens (primary N) is 1. The van der Waals surface area contributed by atoms with Crippen LogP contribution in [0.1, 0.15) is 20.8 Å². The lowest BCUT2D eigenvalue weighted by atomic mass is 10.1. The number of hydrogen-bond donors (Lipinski definition) is 2. The predicted molar refractivity (Wildman–Crippen MR) is 75.6 cm³/mol. The third kappa shape index (κ3) is 2.09. The van der Waals surface area contributed by atoms with Gasteiger partial charge in [-0.1, -0.05) is 23.7 Å². The summed E-state index contributed by atoms with van der Waals surface area (Å²) in [5, 5.41) is 9.67. The zero-order valence-corrected chi connectivity index (χ0v) is 11.5. The van der Waals surface area contributed by atoms with E-state index in [1.807, 2.05) is 32.0 Å². The lowest BCUT2D eigenvalue weighted by Gasteiger charge is -2.04. The van der Waals surface area contributed by atoms with Crippen LogP contribution in [0.5, 0.6) is 0 Å². The number of benzene rings is 1. The van der Waals surface area contributed by atoms with Crippen molar-refractivity contribution in [2.45, 2.75) is 13.8 Å². The molecule has 5 heteroatoms. The molecule has 1 aromatic heterocycles. The number of aryl methyl sites for hydroxylation is 1. The molecule has 94 valence electrons. The molecule has 0 bridgehead atoms. The van der Waals surface area contributed by atoms with E-state index >= 15 is 0 Å². The molecule has 1 aromatic carbocycles. The number of anilines is 1. The third-order valence-corrected chi connectivity index (χ3v) is 4.40. The Morgan fingerprint density at radius 2 is 2.06 bits per heavy atom. The molecule has 0 amide bonds. The van der Waals surface area contributed by atoms with Gasteiger partial charge in [0.15, 0.2) is 0 Å². The Kier molecular flexibility index (Phi) is 3.32. The molecule has 0 fully saturated rings. The van der Waals surface area contributed by atoms with Crippen molar-refractivity contribution in [3.63, 3.8) is 0 Å². The molecular formula is C13H12ClNO2S. The highest BCUT2D eigenvalue weighted by Crippen LogP contribution is 2.41. The van der Waals surface area contributed by atoms with Crippen LogP contribution in [0.25, 0.3) is 10.4 Å². The van der Waals surface area contributed by atoms with Gasteiger partial charge in [-0.15, -0.1) is 11.3 Å². The number of halogens is 1. The lowest BCUT2D eigenvalue weighted by molar-refractivity contribution is 0.0703. The van der Waals surface area contributed by atoms with E-state index in [0.717, 1.165) is 32.9 Å². The molecule has 0 spiro atoms. The molecule has 1 heterocycles. The van der Waals surface area contributed by atoms with Gasteiger partial charge in [0.2, 0.25) is 0 Å². The Morgan fingerprint density at radius 3 is 2.56 bits per heavy atom. The van der Waals surface area contributed by atoms with E-state index in [2.05, 4.69) is 0 Å². The average molecular weight is 282 g/mol. The fourth-order valence-corrected chi connectivity index (χ4v) is 3.24. The van der Waals surface area contributed by atoms with E-state index in [9.17, 15) is 4.79 Å². The molecule has 18 heavy (non-hydrogen) atoms. The Morgan fingerprint density at radius 1 is 1.39 bits per heavy atom. The molecule has 3 nitrogen and oxygen atoms in total. The number of carboxylic acid groups (broad SMARTS) is 1. The number of carbonyl (C=O) groups is 1. The van der Waals surface area contributed by atoms with Crippen LogP contribution < -0.4 is 5.73 Å². The van der Waals surface area contributed by atoms with Gasteiger partial charge < -0.3 is 10.8 Å². The van der Waals surface area contributed by atoms with Crippen molar-refractivity contribution >= 4 is 34.6 Å². The summed E-state index contributed by atoms with van der Waals surface area (Å²) in [7, 11) is 0. The zero-order valence-electron chi connectivity index (χ0n) is 9.95. The number of nitrogen functional groups attached to an aromatic ring is 1. The first-order valence-corrected chi connectivity index (χ1v) is 6.50. The third-order valence-electron chi connectivity index (χ3n) is 2.76. The topological polar surface area (TPSA) is 63.3 Å². The molecule has 0 atom stereocenters. The Balaban J connectivity index is 2.64. The Labute approximate surface area is 114 Å². The van der Waals surface area contributed by atoms with Crippen molar-refractivity contribution < 1.29 is 9.90 Å². The van der Waals surface area contributed by atoms with E-state index in [1.54, 1.807) is 0 Å². The van der Waals surface area contributed by atoms with Crippen molar-refractivity contribution in [1.82, 2.24) is 0 Å². The molecule has 2 aromatic rings. The van der Waals surface area contributed by atoms with Gasteiger partial charge in [0.1, 0.15) is 4.88 Å². The van der Waals surface area contributed by atoms with E-state index < -0.39 is 5.97 Å². The largest absolute Gasteiger partial charge is 0.477 e. The summed E-state index contributed by atoms with van der Waals surface area (Å²) in [6, 6.07) is 5.69. The summed E-state index contributed by atoms with van der Waals surface area (Å²) in [5.74, 6) is -1.00. The van der Waals surface area contributed by atoms with Crippen molar-refractivity contribution in [2.24, 2.45) is 0 Å². The van der Waals surface area contributed by atoms with E-state index in [4.69, 9.17) is 22.4 Å². The molecule has 3 N–H and O–H groups in total. The second kappa shape index (κ2) is 4.63. The minimum atomic E-state index is -1.00. The monoisotopic (exact) mass is 281 g/mol. The highest BCUT2D eigenvalue weighted by Gasteiger charge is 2.19. The number of thiophene rings is 1. The number of aromatic carboxylic acids is 1. The van der Waals surface area contributed by atoms with Crippen LogP contribution in [0.2, 0.25) is 5.02 Å². The lowest BCUT2D eigenvalue weighted by Crippen LogP contribution is -1.97. The molecule has 0 aliphatic carbocycles. The molecule has 0 saturated carbocycles. The smallest absolute Gasteiger partial charge is 0.348 e. The molecule has 0 saturated heterocycles. The molecule has 0 unspecified atom stereocenters. The van der Waals surface area contributed by atoms with Crippen LogP contribution in [-0.4, -0.2) is 11.1 Å². The van der Waals surface area contributed by atoms with Gasteiger partial charge >= 0.3 is 5.97 Å². The normalized spacial score (nSPS) is 10.6. The number of carboxylic acids is 1. The second-order valence-corrected chi connectivity index (χ2v) is 5.52. The van der Waals surface area contributed by atoms with Crippen LogP contribution in [0.15, 0.2) is 18.2 Å². The van der Waals surface area contributed by atoms with Crippen molar-refractivity contribution in [1.29, 1.82) is 0 Å². The zero-order chi connectivity index (χ0) is 13.4. The van der Waals surface area contributed by atoms with Crippen molar-refractivity contribution in [3.05, 3.63) is 39.2 Å². The van der Waals surface area contributed by atoms with Crippen LogP contribution in [0.3, 0.4) is 0 Å². The highest BCUT2D eigenvalue weighted by molar-refractivity contribution is 7.18. The van der Waals surface area contributed by atoms with E-state index in [1.165, 1.54) is 0 Å². The van der Waals surface area contributed by atoms with Gasteiger partial charge in [-0.25, -0.2) is 4.79 Å². The highest BCUT2D eigenvalue weighted by atomic mass is 35.5. The fraction of sp³-hybridized carbons (Fsp3) is 0.154. The van der Waals surface area contributed by atoms with E-state index in [-0.39, 0.29) is 4.88 Å². The predicted octanol–water partition coefficient (Wildman–Crippen LogP) is 3.97.